The zero-order chi connectivity index (χ0) is 18.1. The summed E-state index contributed by atoms with van der Waals surface area (Å²) < 4.78 is 28.1. The SMILES string of the molecule is O=Cc1nc2ccc(-c3ccc(F)cc3)cc2n1Cc1ccc(F)cc1. The van der Waals surface area contributed by atoms with E-state index in [4.69, 9.17) is 0 Å². The first-order valence-electron chi connectivity index (χ1n) is 8.10. The molecule has 0 saturated heterocycles. The van der Waals surface area contributed by atoms with Crippen LogP contribution in [0, 0.1) is 11.6 Å². The first-order chi connectivity index (χ1) is 12.6. The Kier molecular flexibility index (Phi) is 4.05. The van der Waals surface area contributed by atoms with E-state index >= 15 is 0 Å². The Labute approximate surface area is 148 Å². The Morgan fingerprint density at radius 3 is 2.12 bits per heavy atom. The summed E-state index contributed by atoms with van der Waals surface area (Å²) in [6, 6.07) is 18.0. The molecule has 4 rings (SSSR count). The average molecular weight is 348 g/mol. The van der Waals surface area contributed by atoms with E-state index in [1.165, 1.54) is 24.3 Å². The van der Waals surface area contributed by atoms with Gasteiger partial charge in [-0.2, -0.15) is 0 Å². The number of benzene rings is 3. The lowest BCUT2D eigenvalue weighted by molar-refractivity contribution is 0.111. The van der Waals surface area contributed by atoms with Crippen molar-refractivity contribution in [3.8, 4) is 11.1 Å². The minimum absolute atomic E-state index is 0.292. The molecule has 0 amide bonds. The van der Waals surface area contributed by atoms with Gasteiger partial charge in [-0.15, -0.1) is 0 Å². The molecule has 0 saturated carbocycles. The predicted octanol–water partition coefficient (Wildman–Crippen LogP) is 4.84. The number of carbonyl (C=O) groups excluding carboxylic acids is 1. The molecule has 0 spiro atoms. The summed E-state index contributed by atoms with van der Waals surface area (Å²) in [5, 5.41) is 0. The zero-order valence-corrected chi connectivity index (χ0v) is 13.7. The number of rotatable bonds is 4. The van der Waals surface area contributed by atoms with Gasteiger partial charge in [0.1, 0.15) is 11.6 Å². The Morgan fingerprint density at radius 1 is 0.846 bits per heavy atom. The van der Waals surface area contributed by atoms with E-state index < -0.39 is 0 Å². The molecule has 0 N–H and O–H groups in total. The fraction of sp³-hybridized carbons (Fsp3) is 0.0476. The lowest BCUT2D eigenvalue weighted by Crippen LogP contribution is -2.04. The largest absolute Gasteiger partial charge is 0.317 e. The van der Waals surface area contributed by atoms with Crippen LogP contribution in [0.4, 0.5) is 8.78 Å². The summed E-state index contributed by atoms with van der Waals surface area (Å²) in [5.41, 5.74) is 4.12. The quantitative estimate of drug-likeness (QED) is 0.495. The van der Waals surface area contributed by atoms with Crippen molar-refractivity contribution in [1.82, 2.24) is 9.55 Å². The van der Waals surface area contributed by atoms with Crippen LogP contribution < -0.4 is 0 Å². The third kappa shape index (κ3) is 2.99. The van der Waals surface area contributed by atoms with Gasteiger partial charge in [0.2, 0.25) is 0 Å². The second kappa shape index (κ2) is 6.52. The highest BCUT2D eigenvalue weighted by molar-refractivity contribution is 5.86. The van der Waals surface area contributed by atoms with Crippen molar-refractivity contribution >= 4 is 17.3 Å². The fourth-order valence-electron chi connectivity index (χ4n) is 2.99. The van der Waals surface area contributed by atoms with Gasteiger partial charge in [0, 0.05) is 6.54 Å². The van der Waals surface area contributed by atoms with Gasteiger partial charge >= 0.3 is 0 Å². The molecule has 0 unspecified atom stereocenters. The van der Waals surface area contributed by atoms with E-state index in [0.29, 0.717) is 24.2 Å². The van der Waals surface area contributed by atoms with Gasteiger partial charge in [-0.25, -0.2) is 13.8 Å². The van der Waals surface area contributed by atoms with E-state index in [0.717, 1.165) is 22.2 Å². The van der Waals surface area contributed by atoms with Crippen molar-refractivity contribution in [2.45, 2.75) is 6.54 Å². The molecule has 0 bridgehead atoms. The van der Waals surface area contributed by atoms with E-state index in [-0.39, 0.29) is 11.6 Å². The molecule has 5 heteroatoms. The van der Waals surface area contributed by atoms with Gasteiger partial charge in [-0.1, -0.05) is 30.3 Å². The predicted molar refractivity (Wildman–Crippen MR) is 96.0 cm³/mol. The smallest absolute Gasteiger partial charge is 0.185 e. The van der Waals surface area contributed by atoms with Crippen LogP contribution in [0.25, 0.3) is 22.2 Å². The number of fused-ring (bicyclic) bond motifs is 1. The summed E-state index contributed by atoms with van der Waals surface area (Å²) in [6.45, 7) is 0.401. The maximum atomic E-state index is 13.2. The molecule has 0 aliphatic heterocycles. The summed E-state index contributed by atoms with van der Waals surface area (Å²) in [4.78, 5) is 15.8. The molecule has 0 aliphatic carbocycles. The first kappa shape index (κ1) is 16.1. The van der Waals surface area contributed by atoms with Gasteiger partial charge in [0.25, 0.3) is 0 Å². The summed E-state index contributed by atoms with van der Waals surface area (Å²) in [5.74, 6) is -0.293. The second-order valence-corrected chi connectivity index (χ2v) is 6.01. The monoisotopic (exact) mass is 348 g/mol. The van der Waals surface area contributed by atoms with Crippen LogP contribution >= 0.6 is 0 Å². The Balaban J connectivity index is 1.82. The van der Waals surface area contributed by atoms with Crippen molar-refractivity contribution in [2.24, 2.45) is 0 Å². The third-order valence-electron chi connectivity index (χ3n) is 4.31. The maximum absolute atomic E-state index is 13.2. The standard InChI is InChI=1S/C21H14F2N2O/c22-17-6-1-14(2-7-17)12-25-20-11-16(15-3-8-18(23)9-4-15)5-10-19(20)24-21(25)13-26/h1-11,13H,12H2. The number of carbonyl (C=O) groups is 1. The van der Waals surface area contributed by atoms with Gasteiger partial charge < -0.3 is 4.57 Å². The molecule has 3 aromatic carbocycles. The van der Waals surface area contributed by atoms with Gasteiger partial charge in [-0.05, 0) is 53.1 Å². The highest BCUT2D eigenvalue weighted by Gasteiger charge is 2.12. The molecular formula is C21H14F2N2O. The number of nitrogens with zero attached hydrogens (tertiary/aromatic N) is 2. The van der Waals surface area contributed by atoms with Gasteiger partial charge in [-0.3, -0.25) is 4.79 Å². The lowest BCUT2D eigenvalue weighted by Gasteiger charge is -2.08. The van der Waals surface area contributed by atoms with Crippen molar-refractivity contribution in [1.29, 1.82) is 0 Å². The second-order valence-electron chi connectivity index (χ2n) is 6.01. The summed E-state index contributed by atoms with van der Waals surface area (Å²) in [6.07, 6.45) is 0.709. The molecule has 0 fully saturated rings. The lowest BCUT2D eigenvalue weighted by atomic mass is 10.1. The normalized spacial score (nSPS) is 11.0. The number of hydrogen-bond donors (Lipinski definition) is 0. The highest BCUT2D eigenvalue weighted by Crippen LogP contribution is 2.26. The molecule has 3 nitrogen and oxygen atoms in total. The molecule has 0 atom stereocenters. The number of imidazole rings is 1. The van der Waals surface area contributed by atoms with Crippen molar-refractivity contribution in [3.63, 3.8) is 0 Å². The summed E-state index contributed by atoms with van der Waals surface area (Å²) in [7, 11) is 0. The highest BCUT2D eigenvalue weighted by atomic mass is 19.1. The molecule has 128 valence electrons. The van der Waals surface area contributed by atoms with Crippen molar-refractivity contribution in [2.75, 3.05) is 0 Å². The van der Waals surface area contributed by atoms with Gasteiger partial charge in [0.15, 0.2) is 12.1 Å². The molecule has 1 aromatic heterocycles. The number of hydrogen-bond acceptors (Lipinski definition) is 2. The maximum Gasteiger partial charge on any atom is 0.185 e. The molecular weight excluding hydrogens is 334 g/mol. The molecule has 26 heavy (non-hydrogen) atoms. The van der Waals surface area contributed by atoms with E-state index in [1.54, 1.807) is 28.8 Å². The van der Waals surface area contributed by atoms with E-state index in [2.05, 4.69) is 4.98 Å². The van der Waals surface area contributed by atoms with Gasteiger partial charge in [0.05, 0.1) is 11.0 Å². The molecule has 0 aliphatic rings. The van der Waals surface area contributed by atoms with E-state index in [9.17, 15) is 13.6 Å². The topological polar surface area (TPSA) is 34.9 Å². The van der Waals surface area contributed by atoms with Crippen LogP contribution in [-0.4, -0.2) is 15.8 Å². The first-order valence-corrected chi connectivity index (χ1v) is 8.10. The summed E-state index contributed by atoms with van der Waals surface area (Å²) >= 11 is 0. The van der Waals surface area contributed by atoms with Crippen LogP contribution in [-0.2, 0) is 6.54 Å². The van der Waals surface area contributed by atoms with Crippen LogP contribution in [0.2, 0.25) is 0 Å². The van der Waals surface area contributed by atoms with Crippen molar-refractivity contribution in [3.05, 3.63) is 89.8 Å². The number of aldehydes is 1. The van der Waals surface area contributed by atoms with E-state index in [1.807, 2.05) is 18.2 Å². The minimum Gasteiger partial charge on any atom is -0.317 e. The molecule has 1 heterocycles. The Morgan fingerprint density at radius 2 is 1.46 bits per heavy atom. The number of aromatic nitrogens is 2. The van der Waals surface area contributed by atoms with Crippen LogP contribution in [0.15, 0.2) is 66.7 Å². The van der Waals surface area contributed by atoms with Crippen molar-refractivity contribution < 1.29 is 13.6 Å². The minimum atomic E-state index is -0.307. The van der Waals surface area contributed by atoms with Crippen LogP contribution in [0.5, 0.6) is 0 Å². The molecule has 4 aromatic rings. The Bertz CT molecular complexity index is 1080. The van der Waals surface area contributed by atoms with Crippen LogP contribution in [0.3, 0.4) is 0 Å². The zero-order valence-electron chi connectivity index (χ0n) is 13.7. The fourth-order valence-corrected chi connectivity index (χ4v) is 2.99. The molecule has 0 radical (unpaired) electrons. The van der Waals surface area contributed by atoms with Crippen LogP contribution in [0.1, 0.15) is 16.2 Å². The Hall–Kier alpha value is -3.34. The number of halogens is 2. The third-order valence-corrected chi connectivity index (χ3v) is 4.31. The average Bonchev–Trinajstić information content (AvgIpc) is 3.01.